The third-order valence-corrected chi connectivity index (χ3v) is 2.68. The Kier molecular flexibility index (Phi) is 5.65. The Morgan fingerprint density at radius 3 is 2.67 bits per heavy atom. The smallest absolute Gasteiger partial charge is 0.253 e. The predicted molar refractivity (Wildman–Crippen MR) is 71.9 cm³/mol. The van der Waals surface area contributed by atoms with E-state index in [4.69, 9.17) is 11.6 Å². The molecule has 2 amide bonds. The van der Waals surface area contributed by atoms with Crippen LogP contribution in [0.4, 0.5) is 0 Å². The van der Waals surface area contributed by atoms with E-state index in [1.165, 1.54) is 4.90 Å². The van der Waals surface area contributed by atoms with Gasteiger partial charge in [0, 0.05) is 26.2 Å². The molecule has 0 atom stereocenters. The van der Waals surface area contributed by atoms with Crippen LogP contribution in [0.5, 0.6) is 0 Å². The van der Waals surface area contributed by atoms with Crippen molar-refractivity contribution in [3.05, 3.63) is 35.4 Å². The largest absolute Gasteiger partial charge is 0.355 e. The summed E-state index contributed by atoms with van der Waals surface area (Å²) in [5.41, 5.74) is 1.67. The van der Waals surface area contributed by atoms with Gasteiger partial charge in [-0.1, -0.05) is 12.1 Å². The van der Waals surface area contributed by atoms with Crippen molar-refractivity contribution in [3.8, 4) is 0 Å². The second-order valence-electron chi connectivity index (χ2n) is 4.13. The molecule has 0 fully saturated rings. The maximum Gasteiger partial charge on any atom is 0.253 e. The van der Waals surface area contributed by atoms with Crippen molar-refractivity contribution < 1.29 is 9.59 Å². The lowest BCUT2D eigenvalue weighted by Gasteiger charge is -2.11. The number of hydrogen-bond acceptors (Lipinski definition) is 2. The summed E-state index contributed by atoms with van der Waals surface area (Å²) in [6.07, 6.45) is 0.678. The van der Waals surface area contributed by atoms with Gasteiger partial charge in [-0.05, 0) is 24.1 Å². The summed E-state index contributed by atoms with van der Waals surface area (Å²) in [7, 11) is 3.44. The molecule has 5 heteroatoms. The lowest BCUT2D eigenvalue weighted by Crippen LogP contribution is -2.26. The molecule has 1 aromatic carbocycles. The van der Waals surface area contributed by atoms with Crippen LogP contribution in [0.15, 0.2) is 24.3 Å². The van der Waals surface area contributed by atoms with E-state index in [9.17, 15) is 9.59 Å². The van der Waals surface area contributed by atoms with Gasteiger partial charge in [-0.2, -0.15) is 0 Å². The molecule has 0 unspecified atom stereocenters. The molecular formula is C13H17ClN2O2. The second kappa shape index (κ2) is 7.01. The number of halogens is 1. The number of carbonyl (C=O) groups excluding carboxylic acids is 2. The highest BCUT2D eigenvalue weighted by atomic mass is 35.5. The van der Waals surface area contributed by atoms with Gasteiger partial charge in [-0.3, -0.25) is 9.59 Å². The molecule has 0 saturated heterocycles. The van der Waals surface area contributed by atoms with Gasteiger partial charge in [-0.25, -0.2) is 0 Å². The van der Waals surface area contributed by atoms with Crippen molar-refractivity contribution in [2.45, 2.75) is 6.42 Å². The molecule has 0 radical (unpaired) electrons. The first-order chi connectivity index (χ1) is 8.54. The number of rotatable bonds is 5. The quantitative estimate of drug-likeness (QED) is 0.818. The molecule has 0 heterocycles. The third kappa shape index (κ3) is 4.37. The molecule has 0 saturated carbocycles. The Labute approximate surface area is 112 Å². The summed E-state index contributed by atoms with van der Waals surface area (Å²) >= 11 is 5.37. The Hall–Kier alpha value is -1.55. The van der Waals surface area contributed by atoms with Crippen LogP contribution in [0.25, 0.3) is 0 Å². The Morgan fingerprint density at radius 2 is 2.06 bits per heavy atom. The Balaban J connectivity index is 2.60. The molecule has 0 aliphatic rings. The first-order valence-electron chi connectivity index (χ1n) is 5.68. The normalized spacial score (nSPS) is 9.94. The first kappa shape index (κ1) is 14.5. The minimum atomic E-state index is -0.183. The van der Waals surface area contributed by atoms with Crippen LogP contribution >= 0.6 is 11.6 Å². The standard InChI is InChI=1S/C13H17ClN2O2/c1-16(2)13(18)11-5-3-4-10(8-11)6-7-15-12(17)9-14/h3-5,8H,6-7,9H2,1-2H3,(H,15,17). The highest BCUT2D eigenvalue weighted by Crippen LogP contribution is 2.07. The van der Waals surface area contributed by atoms with Gasteiger partial charge in [0.15, 0.2) is 0 Å². The maximum atomic E-state index is 11.8. The van der Waals surface area contributed by atoms with Crippen LogP contribution < -0.4 is 5.32 Å². The molecule has 1 rings (SSSR count). The minimum absolute atomic E-state index is 0.0263. The van der Waals surface area contributed by atoms with Crippen LogP contribution in [-0.2, 0) is 11.2 Å². The molecule has 0 spiro atoms. The van der Waals surface area contributed by atoms with Crippen molar-refractivity contribution in [1.29, 1.82) is 0 Å². The lowest BCUT2D eigenvalue weighted by molar-refractivity contribution is -0.118. The summed E-state index contributed by atoms with van der Waals surface area (Å²) in [4.78, 5) is 24.3. The highest BCUT2D eigenvalue weighted by Gasteiger charge is 2.08. The van der Waals surface area contributed by atoms with Gasteiger partial charge >= 0.3 is 0 Å². The molecule has 4 nitrogen and oxygen atoms in total. The average molecular weight is 269 g/mol. The third-order valence-electron chi connectivity index (χ3n) is 2.44. The van der Waals surface area contributed by atoms with E-state index in [0.29, 0.717) is 18.5 Å². The molecular weight excluding hydrogens is 252 g/mol. The second-order valence-corrected chi connectivity index (χ2v) is 4.40. The van der Waals surface area contributed by atoms with Crippen molar-refractivity contribution in [3.63, 3.8) is 0 Å². The fourth-order valence-electron chi connectivity index (χ4n) is 1.51. The number of benzene rings is 1. The van der Waals surface area contributed by atoms with Gasteiger partial charge in [0.25, 0.3) is 5.91 Å². The summed E-state index contributed by atoms with van der Waals surface area (Å²) < 4.78 is 0. The maximum absolute atomic E-state index is 11.8. The van der Waals surface area contributed by atoms with Crippen LogP contribution in [0.3, 0.4) is 0 Å². The summed E-state index contributed by atoms with van der Waals surface area (Å²) in [5.74, 6) is -0.238. The number of alkyl halides is 1. The van der Waals surface area contributed by atoms with E-state index in [1.807, 2.05) is 18.2 Å². The van der Waals surface area contributed by atoms with Gasteiger partial charge < -0.3 is 10.2 Å². The molecule has 0 aromatic heterocycles. The molecule has 0 aliphatic heterocycles. The van der Waals surface area contributed by atoms with E-state index in [0.717, 1.165) is 5.56 Å². The van der Waals surface area contributed by atoms with Gasteiger partial charge in [0.2, 0.25) is 5.91 Å². The first-order valence-corrected chi connectivity index (χ1v) is 6.21. The average Bonchev–Trinajstić information content (AvgIpc) is 2.37. The van der Waals surface area contributed by atoms with E-state index in [1.54, 1.807) is 20.2 Å². The number of hydrogen-bond donors (Lipinski definition) is 1. The van der Waals surface area contributed by atoms with Crippen LogP contribution in [0, 0.1) is 0 Å². The number of carbonyl (C=O) groups is 2. The molecule has 1 N–H and O–H groups in total. The lowest BCUT2D eigenvalue weighted by atomic mass is 10.1. The summed E-state index contributed by atoms with van der Waals surface area (Å²) in [6.45, 7) is 0.519. The van der Waals surface area contributed by atoms with Crippen molar-refractivity contribution in [2.24, 2.45) is 0 Å². The van der Waals surface area contributed by atoms with Gasteiger partial charge in [-0.15, -0.1) is 11.6 Å². The van der Waals surface area contributed by atoms with Gasteiger partial charge in [0.1, 0.15) is 5.88 Å². The van der Waals surface area contributed by atoms with Crippen molar-refractivity contribution >= 4 is 23.4 Å². The summed E-state index contributed by atoms with van der Waals surface area (Å²) in [5, 5.41) is 2.69. The number of nitrogens with one attached hydrogen (secondary N) is 1. The zero-order valence-corrected chi connectivity index (χ0v) is 11.3. The van der Waals surface area contributed by atoms with Crippen LogP contribution in [0.1, 0.15) is 15.9 Å². The van der Waals surface area contributed by atoms with Crippen molar-refractivity contribution in [1.82, 2.24) is 10.2 Å². The fourth-order valence-corrected chi connectivity index (χ4v) is 1.61. The molecule has 98 valence electrons. The number of amides is 2. The zero-order valence-electron chi connectivity index (χ0n) is 10.6. The van der Waals surface area contributed by atoms with E-state index in [-0.39, 0.29) is 17.7 Å². The fraction of sp³-hybridized carbons (Fsp3) is 0.385. The van der Waals surface area contributed by atoms with E-state index >= 15 is 0 Å². The highest BCUT2D eigenvalue weighted by molar-refractivity contribution is 6.27. The predicted octanol–water partition coefficient (Wildman–Crippen LogP) is 1.29. The topological polar surface area (TPSA) is 49.4 Å². The van der Waals surface area contributed by atoms with E-state index in [2.05, 4.69) is 5.32 Å². The monoisotopic (exact) mass is 268 g/mol. The van der Waals surface area contributed by atoms with E-state index < -0.39 is 0 Å². The number of nitrogens with zero attached hydrogens (tertiary/aromatic N) is 1. The van der Waals surface area contributed by atoms with Crippen molar-refractivity contribution in [2.75, 3.05) is 26.5 Å². The molecule has 0 aliphatic carbocycles. The molecule has 0 bridgehead atoms. The minimum Gasteiger partial charge on any atom is -0.355 e. The zero-order chi connectivity index (χ0) is 13.5. The van der Waals surface area contributed by atoms with Crippen LogP contribution in [-0.4, -0.2) is 43.2 Å². The summed E-state index contributed by atoms with van der Waals surface area (Å²) in [6, 6.07) is 7.40. The van der Waals surface area contributed by atoms with Crippen LogP contribution in [0.2, 0.25) is 0 Å². The molecule has 1 aromatic rings. The Morgan fingerprint density at radius 1 is 1.33 bits per heavy atom. The Bertz CT molecular complexity index is 433. The SMILES string of the molecule is CN(C)C(=O)c1cccc(CCNC(=O)CCl)c1. The molecule has 18 heavy (non-hydrogen) atoms. The van der Waals surface area contributed by atoms with Gasteiger partial charge in [0.05, 0.1) is 0 Å².